The Morgan fingerprint density at radius 3 is 2.76 bits per heavy atom. The van der Waals surface area contributed by atoms with E-state index in [1.165, 1.54) is 11.1 Å². The predicted molar refractivity (Wildman–Crippen MR) is 101 cm³/mol. The van der Waals surface area contributed by atoms with Crippen molar-refractivity contribution in [1.82, 2.24) is 10.3 Å². The summed E-state index contributed by atoms with van der Waals surface area (Å²) in [7, 11) is 0. The number of benzene rings is 1. The van der Waals surface area contributed by atoms with Gasteiger partial charge < -0.3 is 15.9 Å². The second-order valence-corrected chi connectivity index (χ2v) is 7.09. The Balaban J connectivity index is 1.79. The topological polar surface area (TPSA) is 89.6 Å². The third-order valence-electron chi connectivity index (χ3n) is 3.81. The van der Waals surface area contributed by atoms with Crippen molar-refractivity contribution in [3.8, 4) is 0 Å². The van der Waals surface area contributed by atoms with E-state index in [1.807, 2.05) is 25.3 Å². The minimum Gasteiger partial charge on any atom is -0.384 e. The molecule has 1 atom stereocenters. The standard InChI is InChI=1S/C18H24N4O2S/c1-11-5-6-15(7-12(11)2)13(3)20-18(23)9-24-22-17(19)8-16-10-25-14(4)21-16/h5-7,10,13H,8-9H2,1-4H3,(H2,19,22)(H,20,23). The van der Waals surface area contributed by atoms with Gasteiger partial charge in [0.2, 0.25) is 0 Å². The molecule has 0 aliphatic rings. The smallest absolute Gasteiger partial charge is 0.261 e. The van der Waals surface area contributed by atoms with Crippen LogP contribution in [0.1, 0.15) is 40.4 Å². The van der Waals surface area contributed by atoms with Gasteiger partial charge >= 0.3 is 0 Å². The molecule has 6 nitrogen and oxygen atoms in total. The Morgan fingerprint density at radius 1 is 1.36 bits per heavy atom. The molecule has 0 saturated heterocycles. The monoisotopic (exact) mass is 360 g/mol. The zero-order valence-corrected chi connectivity index (χ0v) is 15.8. The summed E-state index contributed by atoms with van der Waals surface area (Å²) in [6.45, 7) is 7.80. The number of carbonyl (C=O) groups excluding carboxylic acids is 1. The van der Waals surface area contributed by atoms with Gasteiger partial charge in [0.15, 0.2) is 6.61 Å². The maximum atomic E-state index is 12.0. The lowest BCUT2D eigenvalue weighted by atomic mass is 10.0. The Morgan fingerprint density at radius 2 is 2.12 bits per heavy atom. The molecular formula is C18H24N4O2S. The average molecular weight is 360 g/mol. The van der Waals surface area contributed by atoms with Gasteiger partial charge in [-0.1, -0.05) is 23.4 Å². The van der Waals surface area contributed by atoms with Crippen molar-refractivity contribution >= 4 is 23.1 Å². The molecule has 0 saturated carbocycles. The summed E-state index contributed by atoms with van der Waals surface area (Å²) >= 11 is 1.56. The number of rotatable bonds is 7. The SMILES string of the molecule is Cc1nc(C/C(N)=N/OCC(=O)NC(C)c2ccc(C)c(C)c2)cs1. The lowest BCUT2D eigenvalue weighted by molar-refractivity contribution is -0.126. The summed E-state index contributed by atoms with van der Waals surface area (Å²) < 4.78 is 0. The highest BCUT2D eigenvalue weighted by Gasteiger charge is 2.11. The van der Waals surface area contributed by atoms with Crippen molar-refractivity contribution in [1.29, 1.82) is 0 Å². The quantitative estimate of drug-likeness (QED) is 0.451. The average Bonchev–Trinajstić information content (AvgIpc) is 2.94. The van der Waals surface area contributed by atoms with Crippen molar-refractivity contribution in [2.24, 2.45) is 10.9 Å². The molecule has 3 N–H and O–H groups in total. The molecule has 134 valence electrons. The van der Waals surface area contributed by atoms with Gasteiger partial charge in [-0.25, -0.2) is 4.98 Å². The largest absolute Gasteiger partial charge is 0.384 e. The first-order chi connectivity index (χ1) is 11.8. The number of hydrogen-bond acceptors (Lipinski definition) is 5. The fourth-order valence-corrected chi connectivity index (χ4v) is 2.89. The van der Waals surface area contributed by atoms with E-state index >= 15 is 0 Å². The third kappa shape index (κ3) is 5.86. The van der Waals surface area contributed by atoms with Gasteiger partial charge in [0, 0.05) is 5.38 Å². The van der Waals surface area contributed by atoms with E-state index in [1.54, 1.807) is 11.3 Å². The van der Waals surface area contributed by atoms with Crippen LogP contribution in [-0.2, 0) is 16.1 Å². The second kappa shape index (κ2) is 8.62. The third-order valence-corrected chi connectivity index (χ3v) is 4.64. The Hall–Kier alpha value is -2.41. The first-order valence-electron chi connectivity index (χ1n) is 8.07. The number of nitrogens with two attached hydrogens (primary N) is 1. The number of thiazole rings is 1. The lowest BCUT2D eigenvalue weighted by Gasteiger charge is -2.15. The van der Waals surface area contributed by atoms with Crippen LogP contribution in [-0.4, -0.2) is 23.3 Å². The molecule has 0 bridgehead atoms. The predicted octanol–water partition coefficient (Wildman–Crippen LogP) is 2.78. The summed E-state index contributed by atoms with van der Waals surface area (Å²) in [5.41, 5.74) is 10.1. The van der Waals surface area contributed by atoms with Gasteiger partial charge in [0.1, 0.15) is 5.84 Å². The molecule has 1 heterocycles. The molecule has 7 heteroatoms. The lowest BCUT2D eigenvalue weighted by Crippen LogP contribution is -2.30. The zero-order valence-electron chi connectivity index (χ0n) is 15.0. The van der Waals surface area contributed by atoms with E-state index in [0.29, 0.717) is 12.3 Å². The number of nitrogens with one attached hydrogen (secondary N) is 1. The molecule has 0 fully saturated rings. The molecule has 0 radical (unpaired) electrons. The fraction of sp³-hybridized carbons (Fsp3) is 0.389. The molecule has 25 heavy (non-hydrogen) atoms. The van der Waals surface area contributed by atoms with Crippen LogP contribution >= 0.6 is 11.3 Å². The number of amidine groups is 1. The minimum atomic E-state index is -0.244. The highest BCUT2D eigenvalue weighted by molar-refractivity contribution is 7.09. The summed E-state index contributed by atoms with van der Waals surface area (Å²) in [5.74, 6) is 0.0482. The number of carbonyl (C=O) groups is 1. The summed E-state index contributed by atoms with van der Waals surface area (Å²) in [4.78, 5) is 21.3. The van der Waals surface area contributed by atoms with E-state index in [4.69, 9.17) is 10.6 Å². The number of hydrogen-bond donors (Lipinski definition) is 2. The maximum absolute atomic E-state index is 12.0. The van der Waals surface area contributed by atoms with Crippen LogP contribution in [0.25, 0.3) is 0 Å². The van der Waals surface area contributed by atoms with Crippen molar-refractivity contribution in [2.75, 3.05) is 6.61 Å². The molecule has 2 rings (SSSR count). The van der Waals surface area contributed by atoms with Crippen LogP contribution in [0.2, 0.25) is 0 Å². The van der Waals surface area contributed by atoms with Gasteiger partial charge in [0.25, 0.3) is 5.91 Å². The minimum absolute atomic E-state index is 0.102. The number of amides is 1. The van der Waals surface area contributed by atoms with Gasteiger partial charge in [-0.3, -0.25) is 4.79 Å². The van der Waals surface area contributed by atoms with Crippen LogP contribution in [0.15, 0.2) is 28.7 Å². The Kier molecular flexibility index (Phi) is 6.52. The van der Waals surface area contributed by atoms with E-state index in [2.05, 4.69) is 41.4 Å². The van der Waals surface area contributed by atoms with Crippen LogP contribution in [0, 0.1) is 20.8 Å². The summed E-state index contributed by atoms with van der Waals surface area (Å²) in [6, 6.07) is 6.04. The number of oxime groups is 1. The molecule has 1 amide bonds. The second-order valence-electron chi connectivity index (χ2n) is 6.02. The van der Waals surface area contributed by atoms with Gasteiger partial charge in [-0.15, -0.1) is 11.3 Å². The molecule has 2 aromatic rings. The number of aromatic nitrogens is 1. The molecule has 1 unspecified atom stereocenters. The van der Waals surface area contributed by atoms with Gasteiger partial charge in [-0.2, -0.15) is 0 Å². The van der Waals surface area contributed by atoms with Gasteiger partial charge in [-0.05, 0) is 44.4 Å². The van der Waals surface area contributed by atoms with Crippen LogP contribution < -0.4 is 11.1 Å². The van der Waals surface area contributed by atoms with Crippen LogP contribution in [0.3, 0.4) is 0 Å². The Bertz CT molecular complexity index is 770. The van der Waals surface area contributed by atoms with Crippen LogP contribution in [0.5, 0.6) is 0 Å². The zero-order chi connectivity index (χ0) is 18.4. The first-order valence-corrected chi connectivity index (χ1v) is 8.95. The Labute approximate surface area is 152 Å². The molecular weight excluding hydrogens is 336 g/mol. The van der Waals surface area contributed by atoms with Crippen molar-refractivity contribution in [2.45, 2.75) is 40.2 Å². The van der Waals surface area contributed by atoms with E-state index in [-0.39, 0.29) is 18.6 Å². The van der Waals surface area contributed by atoms with Crippen molar-refractivity contribution < 1.29 is 9.63 Å². The van der Waals surface area contributed by atoms with Crippen molar-refractivity contribution in [3.63, 3.8) is 0 Å². The summed E-state index contributed by atoms with van der Waals surface area (Å²) in [5, 5.41) is 9.56. The highest BCUT2D eigenvalue weighted by atomic mass is 32.1. The fourth-order valence-electron chi connectivity index (χ4n) is 2.28. The maximum Gasteiger partial charge on any atom is 0.261 e. The van der Waals surface area contributed by atoms with Crippen LogP contribution in [0.4, 0.5) is 0 Å². The van der Waals surface area contributed by atoms with Crippen molar-refractivity contribution in [3.05, 3.63) is 51.0 Å². The number of aryl methyl sites for hydroxylation is 3. The first kappa shape index (κ1) is 18.9. The normalized spacial score (nSPS) is 12.7. The molecule has 0 spiro atoms. The molecule has 1 aromatic carbocycles. The van der Waals surface area contributed by atoms with E-state index in [9.17, 15) is 4.79 Å². The molecule has 1 aromatic heterocycles. The highest BCUT2D eigenvalue weighted by Crippen LogP contribution is 2.16. The van der Waals surface area contributed by atoms with E-state index in [0.717, 1.165) is 16.3 Å². The van der Waals surface area contributed by atoms with Gasteiger partial charge in [0.05, 0.1) is 23.2 Å². The van der Waals surface area contributed by atoms with E-state index < -0.39 is 0 Å². The number of nitrogens with zero attached hydrogens (tertiary/aromatic N) is 2. The molecule has 0 aliphatic carbocycles. The summed E-state index contributed by atoms with van der Waals surface area (Å²) in [6.07, 6.45) is 0.408. The molecule has 0 aliphatic heterocycles.